The summed E-state index contributed by atoms with van der Waals surface area (Å²) < 4.78 is 5.34. The average Bonchev–Trinajstić information content (AvgIpc) is 3.16. The smallest absolute Gasteiger partial charge is 0.319 e. The van der Waals surface area contributed by atoms with E-state index in [0.717, 1.165) is 29.1 Å². The third-order valence-electron chi connectivity index (χ3n) is 3.86. The molecule has 25 heavy (non-hydrogen) atoms. The molecule has 6 nitrogen and oxygen atoms in total. The molecule has 128 valence electrons. The van der Waals surface area contributed by atoms with E-state index in [1.807, 2.05) is 23.6 Å². The molecule has 1 aliphatic carbocycles. The number of benzene rings is 1. The van der Waals surface area contributed by atoms with Crippen LogP contribution >= 0.6 is 22.9 Å². The van der Waals surface area contributed by atoms with Gasteiger partial charge in [-0.1, -0.05) is 28.9 Å². The van der Waals surface area contributed by atoms with Gasteiger partial charge in [-0.3, -0.25) is 0 Å². The number of urea groups is 1. The van der Waals surface area contributed by atoms with Crippen molar-refractivity contribution in [3.05, 3.63) is 52.1 Å². The fraction of sp³-hybridized carbons (Fsp3) is 0.235. The predicted octanol–water partition coefficient (Wildman–Crippen LogP) is 4.65. The van der Waals surface area contributed by atoms with Crippen LogP contribution in [-0.2, 0) is 6.54 Å². The molecule has 2 heterocycles. The Morgan fingerprint density at radius 2 is 2.08 bits per heavy atom. The van der Waals surface area contributed by atoms with Crippen molar-refractivity contribution in [2.75, 3.05) is 5.32 Å². The van der Waals surface area contributed by atoms with Crippen LogP contribution in [0.4, 0.5) is 10.5 Å². The molecule has 2 N–H and O–H groups in total. The number of thiophene rings is 1. The van der Waals surface area contributed by atoms with Gasteiger partial charge in [0.2, 0.25) is 0 Å². The fourth-order valence-electron chi connectivity index (χ4n) is 2.36. The van der Waals surface area contributed by atoms with Crippen LogP contribution in [0, 0.1) is 0 Å². The maximum atomic E-state index is 12.1. The molecule has 2 aromatic heterocycles. The van der Waals surface area contributed by atoms with E-state index in [4.69, 9.17) is 16.1 Å². The number of nitrogens with zero attached hydrogens (tertiary/aromatic N) is 2. The van der Waals surface area contributed by atoms with Crippen LogP contribution in [0.15, 0.2) is 40.2 Å². The Labute approximate surface area is 153 Å². The lowest BCUT2D eigenvalue weighted by molar-refractivity contribution is 0.252. The number of nitrogens with one attached hydrogen (secondary N) is 2. The maximum absolute atomic E-state index is 12.1. The summed E-state index contributed by atoms with van der Waals surface area (Å²) in [6.07, 6.45) is 2.23. The van der Waals surface area contributed by atoms with Gasteiger partial charge in [0, 0.05) is 17.5 Å². The number of carbonyl (C=O) groups is 1. The summed E-state index contributed by atoms with van der Waals surface area (Å²) in [5.74, 6) is 1.63. The average molecular weight is 375 g/mol. The Bertz CT molecular complexity index is 886. The van der Waals surface area contributed by atoms with Crippen LogP contribution in [0.1, 0.15) is 30.1 Å². The molecule has 0 saturated heterocycles. The Morgan fingerprint density at radius 1 is 1.28 bits per heavy atom. The molecule has 4 rings (SSSR count). The quantitative estimate of drug-likeness (QED) is 0.681. The van der Waals surface area contributed by atoms with E-state index in [0.29, 0.717) is 29.1 Å². The molecule has 1 aliphatic rings. The van der Waals surface area contributed by atoms with Crippen LogP contribution in [-0.4, -0.2) is 16.2 Å². The van der Waals surface area contributed by atoms with Gasteiger partial charge in [0.25, 0.3) is 5.89 Å². The molecule has 8 heteroatoms. The maximum Gasteiger partial charge on any atom is 0.319 e. The summed E-state index contributed by atoms with van der Waals surface area (Å²) in [4.78, 5) is 17.3. The molecule has 1 fully saturated rings. The summed E-state index contributed by atoms with van der Waals surface area (Å²) in [7, 11) is 0. The van der Waals surface area contributed by atoms with Gasteiger partial charge in [-0.15, -0.1) is 11.3 Å². The lowest BCUT2D eigenvalue weighted by atomic mass is 10.2. The molecule has 1 saturated carbocycles. The SMILES string of the molecule is O=C(NCc1ccc(Cl)cc1)Nc1ccsc1-c1nc(C2CC2)no1. The first kappa shape index (κ1) is 16.1. The summed E-state index contributed by atoms with van der Waals surface area (Å²) in [5.41, 5.74) is 1.63. The van der Waals surface area contributed by atoms with Crippen molar-refractivity contribution in [2.45, 2.75) is 25.3 Å². The molecular weight excluding hydrogens is 360 g/mol. The highest BCUT2D eigenvalue weighted by molar-refractivity contribution is 7.14. The Balaban J connectivity index is 1.39. The molecule has 0 aliphatic heterocycles. The molecule has 0 bridgehead atoms. The van der Waals surface area contributed by atoms with E-state index in [9.17, 15) is 4.79 Å². The second-order valence-electron chi connectivity index (χ2n) is 5.83. The summed E-state index contributed by atoms with van der Waals surface area (Å²) >= 11 is 7.30. The number of hydrogen-bond donors (Lipinski definition) is 2. The lowest BCUT2D eigenvalue weighted by Gasteiger charge is -2.07. The van der Waals surface area contributed by atoms with Gasteiger partial charge >= 0.3 is 6.03 Å². The van der Waals surface area contributed by atoms with E-state index in [2.05, 4.69) is 20.8 Å². The topological polar surface area (TPSA) is 80.0 Å². The van der Waals surface area contributed by atoms with E-state index in [1.54, 1.807) is 12.1 Å². The number of anilines is 1. The van der Waals surface area contributed by atoms with Crippen LogP contribution < -0.4 is 10.6 Å². The largest absolute Gasteiger partial charge is 0.334 e. The standard InChI is InChI=1S/C17H15ClN4O2S/c18-12-5-1-10(2-6-12)9-19-17(23)20-13-7-8-25-14(13)16-21-15(22-24-16)11-3-4-11/h1-2,5-8,11H,3-4,9H2,(H2,19,20,23). The normalized spacial score (nSPS) is 13.6. The van der Waals surface area contributed by atoms with Crippen molar-refractivity contribution in [3.63, 3.8) is 0 Å². The van der Waals surface area contributed by atoms with E-state index in [1.165, 1.54) is 11.3 Å². The first-order valence-corrected chi connectivity index (χ1v) is 9.15. The third kappa shape index (κ3) is 3.83. The molecule has 0 atom stereocenters. The van der Waals surface area contributed by atoms with Crippen LogP contribution in [0.2, 0.25) is 5.02 Å². The zero-order valence-corrected chi connectivity index (χ0v) is 14.7. The molecule has 2 amide bonds. The molecular formula is C17H15ClN4O2S. The highest BCUT2D eigenvalue weighted by atomic mass is 35.5. The minimum Gasteiger partial charge on any atom is -0.334 e. The third-order valence-corrected chi connectivity index (χ3v) is 5.01. The van der Waals surface area contributed by atoms with Crippen LogP contribution in [0.3, 0.4) is 0 Å². The van der Waals surface area contributed by atoms with Gasteiger partial charge in [0.1, 0.15) is 4.88 Å². The zero-order valence-electron chi connectivity index (χ0n) is 13.2. The number of halogens is 1. The fourth-order valence-corrected chi connectivity index (χ4v) is 3.25. The first-order valence-electron chi connectivity index (χ1n) is 7.90. The van der Waals surface area contributed by atoms with Crippen LogP contribution in [0.5, 0.6) is 0 Å². The van der Waals surface area contributed by atoms with E-state index in [-0.39, 0.29) is 6.03 Å². The minimum atomic E-state index is -0.295. The summed E-state index contributed by atoms with van der Waals surface area (Å²) in [5, 5.41) is 12.2. The van der Waals surface area contributed by atoms with Gasteiger partial charge in [-0.25, -0.2) is 4.79 Å². The predicted molar refractivity (Wildman–Crippen MR) is 96.9 cm³/mol. The van der Waals surface area contributed by atoms with Gasteiger partial charge in [0.15, 0.2) is 5.82 Å². The first-order chi connectivity index (χ1) is 12.2. The molecule has 1 aromatic carbocycles. The second-order valence-corrected chi connectivity index (χ2v) is 7.18. The Morgan fingerprint density at radius 3 is 2.84 bits per heavy atom. The number of carbonyl (C=O) groups excluding carboxylic acids is 1. The minimum absolute atomic E-state index is 0.295. The number of rotatable bonds is 5. The number of amides is 2. The molecule has 3 aromatic rings. The van der Waals surface area contributed by atoms with E-state index >= 15 is 0 Å². The van der Waals surface area contributed by atoms with E-state index < -0.39 is 0 Å². The van der Waals surface area contributed by atoms with Crippen molar-refractivity contribution in [3.8, 4) is 10.8 Å². The Hall–Kier alpha value is -2.38. The van der Waals surface area contributed by atoms with Crippen molar-refractivity contribution in [1.82, 2.24) is 15.5 Å². The van der Waals surface area contributed by atoms with Gasteiger partial charge in [0.05, 0.1) is 5.69 Å². The van der Waals surface area contributed by atoms with Crippen molar-refractivity contribution in [2.24, 2.45) is 0 Å². The van der Waals surface area contributed by atoms with Crippen molar-refractivity contribution >= 4 is 34.7 Å². The summed E-state index contributed by atoms with van der Waals surface area (Å²) in [6.45, 7) is 0.412. The summed E-state index contributed by atoms with van der Waals surface area (Å²) in [6, 6.07) is 8.85. The monoisotopic (exact) mass is 374 g/mol. The lowest BCUT2D eigenvalue weighted by Crippen LogP contribution is -2.28. The van der Waals surface area contributed by atoms with Crippen LogP contribution in [0.25, 0.3) is 10.8 Å². The van der Waals surface area contributed by atoms with Gasteiger partial charge < -0.3 is 15.2 Å². The molecule has 0 unspecified atom stereocenters. The van der Waals surface area contributed by atoms with Gasteiger partial charge in [-0.2, -0.15) is 4.98 Å². The zero-order chi connectivity index (χ0) is 17.2. The van der Waals surface area contributed by atoms with Crippen molar-refractivity contribution < 1.29 is 9.32 Å². The molecule has 0 radical (unpaired) electrons. The highest BCUT2D eigenvalue weighted by Crippen LogP contribution is 2.40. The van der Waals surface area contributed by atoms with Crippen molar-refractivity contribution in [1.29, 1.82) is 0 Å². The van der Waals surface area contributed by atoms with Gasteiger partial charge in [-0.05, 0) is 42.0 Å². The second kappa shape index (κ2) is 6.85. The highest BCUT2D eigenvalue weighted by Gasteiger charge is 2.29. The molecule has 0 spiro atoms. The number of aromatic nitrogens is 2. The number of hydrogen-bond acceptors (Lipinski definition) is 5. The Kier molecular flexibility index (Phi) is 4.42.